The molecule has 0 aliphatic heterocycles. The Morgan fingerprint density at radius 1 is 1.30 bits per heavy atom. The first-order valence-corrected chi connectivity index (χ1v) is 7.27. The smallest absolute Gasteiger partial charge is 0.115 e. The van der Waals surface area contributed by atoms with Crippen LogP contribution < -0.4 is 5.32 Å². The van der Waals surface area contributed by atoms with E-state index in [9.17, 15) is 5.11 Å². The second kappa shape index (κ2) is 6.77. The maximum Gasteiger partial charge on any atom is 0.115 e. The molecule has 0 fully saturated rings. The van der Waals surface area contributed by atoms with Crippen LogP contribution in [0.4, 0.5) is 5.69 Å². The van der Waals surface area contributed by atoms with Crippen molar-refractivity contribution in [1.82, 2.24) is 9.55 Å². The quantitative estimate of drug-likeness (QED) is 0.805. The Morgan fingerprint density at radius 3 is 2.60 bits per heavy atom. The van der Waals surface area contributed by atoms with Crippen LogP contribution in [0.1, 0.15) is 25.6 Å². The van der Waals surface area contributed by atoms with E-state index in [1.54, 1.807) is 0 Å². The Bertz CT molecular complexity index is 536. The van der Waals surface area contributed by atoms with Crippen LogP contribution in [0.25, 0.3) is 5.69 Å². The van der Waals surface area contributed by atoms with Gasteiger partial charge in [0.25, 0.3) is 0 Å². The fraction of sp³-hybridized carbons (Fsp3) is 0.400. The highest BCUT2D eigenvalue weighted by molar-refractivity contribution is 6.18. The Balaban J connectivity index is 2.10. The van der Waals surface area contributed by atoms with Crippen LogP contribution in [0.5, 0.6) is 0 Å². The van der Waals surface area contributed by atoms with E-state index >= 15 is 0 Å². The number of aliphatic hydroxyl groups is 1. The van der Waals surface area contributed by atoms with Crippen LogP contribution in [0, 0.1) is 0 Å². The third-order valence-corrected chi connectivity index (χ3v) is 3.41. The lowest BCUT2D eigenvalue weighted by atomic mass is 10.2. The third-order valence-electron chi connectivity index (χ3n) is 3.05. The molecule has 2 aromatic rings. The monoisotopic (exact) mass is 293 g/mol. The van der Waals surface area contributed by atoms with E-state index in [0.29, 0.717) is 12.5 Å². The zero-order valence-corrected chi connectivity index (χ0v) is 12.5. The molecule has 5 heteroatoms. The molecule has 20 heavy (non-hydrogen) atoms. The first kappa shape index (κ1) is 14.9. The lowest BCUT2D eigenvalue weighted by molar-refractivity contribution is 0.211. The van der Waals surface area contributed by atoms with Gasteiger partial charge in [-0.25, -0.2) is 4.98 Å². The third kappa shape index (κ3) is 3.52. The van der Waals surface area contributed by atoms with Crippen molar-refractivity contribution in [2.24, 2.45) is 0 Å². The molecule has 2 N–H and O–H groups in total. The van der Waals surface area contributed by atoms with Crippen molar-refractivity contribution in [3.63, 3.8) is 0 Å². The van der Waals surface area contributed by atoms with Crippen LogP contribution in [0.15, 0.2) is 36.7 Å². The molecule has 0 radical (unpaired) electrons. The summed E-state index contributed by atoms with van der Waals surface area (Å²) in [6.07, 6.45) is 3.26. The molecule has 1 aromatic carbocycles. The van der Waals surface area contributed by atoms with Crippen molar-refractivity contribution >= 4 is 17.3 Å². The summed E-state index contributed by atoms with van der Waals surface area (Å²) in [5.41, 5.74) is 2.04. The van der Waals surface area contributed by atoms with Gasteiger partial charge in [0, 0.05) is 36.2 Å². The van der Waals surface area contributed by atoms with E-state index in [1.165, 1.54) is 0 Å². The number of hydrogen-bond acceptors (Lipinski definition) is 3. The average molecular weight is 294 g/mol. The predicted octanol–water partition coefficient (Wildman–Crippen LogP) is 3.01. The summed E-state index contributed by atoms with van der Waals surface area (Å²) in [7, 11) is 0. The molecule has 1 heterocycles. The molecule has 0 aliphatic rings. The number of rotatable bonds is 6. The van der Waals surface area contributed by atoms with Crippen LogP contribution in [0.2, 0.25) is 0 Å². The number of benzene rings is 1. The van der Waals surface area contributed by atoms with Gasteiger partial charge in [0.15, 0.2) is 0 Å². The SMILES string of the molecule is CC(C)c1nccn1-c1ccc(NCC(O)CCl)cc1. The Labute approximate surface area is 124 Å². The van der Waals surface area contributed by atoms with Gasteiger partial charge in [-0.15, -0.1) is 11.6 Å². The van der Waals surface area contributed by atoms with E-state index in [4.69, 9.17) is 11.6 Å². The number of aromatic nitrogens is 2. The minimum Gasteiger partial charge on any atom is -0.390 e. The molecule has 0 aliphatic carbocycles. The molecular formula is C15H20ClN3O. The fourth-order valence-electron chi connectivity index (χ4n) is 1.99. The zero-order valence-electron chi connectivity index (χ0n) is 11.8. The van der Waals surface area contributed by atoms with E-state index in [-0.39, 0.29) is 5.88 Å². The number of hydrogen-bond donors (Lipinski definition) is 2. The summed E-state index contributed by atoms with van der Waals surface area (Å²) in [5, 5.41) is 12.6. The molecule has 1 aromatic heterocycles. The first-order chi connectivity index (χ1) is 9.61. The summed E-state index contributed by atoms with van der Waals surface area (Å²) < 4.78 is 2.09. The minimum atomic E-state index is -0.530. The zero-order chi connectivity index (χ0) is 14.5. The highest BCUT2D eigenvalue weighted by Crippen LogP contribution is 2.19. The van der Waals surface area contributed by atoms with Crippen LogP contribution in [0.3, 0.4) is 0 Å². The van der Waals surface area contributed by atoms with E-state index in [2.05, 4.69) is 28.7 Å². The largest absolute Gasteiger partial charge is 0.390 e. The van der Waals surface area contributed by atoms with Gasteiger partial charge >= 0.3 is 0 Å². The van der Waals surface area contributed by atoms with Crippen LogP contribution >= 0.6 is 11.6 Å². The van der Waals surface area contributed by atoms with Crippen molar-refractivity contribution in [3.05, 3.63) is 42.5 Å². The lowest BCUT2D eigenvalue weighted by Gasteiger charge is -2.13. The molecule has 0 amide bonds. The fourth-order valence-corrected chi connectivity index (χ4v) is 2.10. The van der Waals surface area contributed by atoms with Gasteiger partial charge in [0.1, 0.15) is 5.82 Å². The van der Waals surface area contributed by atoms with E-state index in [1.807, 2.05) is 36.7 Å². The van der Waals surface area contributed by atoms with Crippen molar-refractivity contribution in [1.29, 1.82) is 0 Å². The van der Waals surface area contributed by atoms with Gasteiger partial charge in [-0.3, -0.25) is 0 Å². The minimum absolute atomic E-state index is 0.234. The molecule has 108 valence electrons. The normalized spacial score (nSPS) is 12.7. The second-order valence-corrected chi connectivity index (χ2v) is 5.35. The highest BCUT2D eigenvalue weighted by atomic mass is 35.5. The topological polar surface area (TPSA) is 50.1 Å². The second-order valence-electron chi connectivity index (χ2n) is 5.05. The number of nitrogens with zero attached hydrogens (tertiary/aromatic N) is 2. The summed E-state index contributed by atoms with van der Waals surface area (Å²) in [6, 6.07) is 8.03. The summed E-state index contributed by atoms with van der Waals surface area (Å²) in [6.45, 7) is 4.70. The number of halogens is 1. The van der Waals surface area contributed by atoms with Gasteiger partial charge in [-0.1, -0.05) is 13.8 Å². The van der Waals surface area contributed by atoms with Crippen LogP contribution in [-0.4, -0.2) is 33.2 Å². The van der Waals surface area contributed by atoms with Gasteiger partial charge in [0.2, 0.25) is 0 Å². The summed E-state index contributed by atoms with van der Waals surface area (Å²) in [5.74, 6) is 1.66. The standard InChI is InChI=1S/C15H20ClN3O/c1-11(2)15-17-7-8-19(15)13-5-3-12(4-6-13)18-10-14(20)9-16/h3-8,11,14,18,20H,9-10H2,1-2H3. The van der Waals surface area contributed by atoms with Crippen molar-refractivity contribution in [3.8, 4) is 5.69 Å². The molecule has 2 rings (SSSR count). The number of aliphatic hydroxyl groups excluding tert-OH is 1. The molecule has 1 atom stereocenters. The van der Waals surface area contributed by atoms with Gasteiger partial charge in [-0.2, -0.15) is 0 Å². The molecular weight excluding hydrogens is 274 g/mol. The highest BCUT2D eigenvalue weighted by Gasteiger charge is 2.08. The first-order valence-electron chi connectivity index (χ1n) is 6.73. The average Bonchev–Trinajstić information content (AvgIpc) is 2.95. The Morgan fingerprint density at radius 2 is 2.00 bits per heavy atom. The number of nitrogens with one attached hydrogen (secondary N) is 1. The number of alkyl halides is 1. The summed E-state index contributed by atoms with van der Waals surface area (Å²) >= 11 is 5.56. The van der Waals surface area contributed by atoms with E-state index in [0.717, 1.165) is 17.2 Å². The lowest BCUT2D eigenvalue weighted by Crippen LogP contribution is -2.20. The Hall–Kier alpha value is -1.52. The maximum absolute atomic E-state index is 9.41. The number of imidazole rings is 1. The Kier molecular flexibility index (Phi) is 5.04. The van der Waals surface area contributed by atoms with Crippen LogP contribution in [-0.2, 0) is 0 Å². The van der Waals surface area contributed by atoms with Gasteiger partial charge < -0.3 is 15.0 Å². The molecule has 1 unspecified atom stereocenters. The van der Waals surface area contributed by atoms with Crippen molar-refractivity contribution in [2.75, 3.05) is 17.7 Å². The molecule has 0 saturated carbocycles. The molecule has 4 nitrogen and oxygen atoms in total. The molecule has 0 bridgehead atoms. The van der Waals surface area contributed by atoms with Crippen molar-refractivity contribution in [2.45, 2.75) is 25.9 Å². The molecule has 0 saturated heterocycles. The molecule has 0 spiro atoms. The number of anilines is 1. The maximum atomic E-state index is 9.41. The van der Waals surface area contributed by atoms with Gasteiger partial charge in [-0.05, 0) is 24.3 Å². The summed E-state index contributed by atoms with van der Waals surface area (Å²) in [4.78, 5) is 4.38. The van der Waals surface area contributed by atoms with Gasteiger partial charge in [0.05, 0.1) is 12.0 Å². The van der Waals surface area contributed by atoms with Crippen molar-refractivity contribution < 1.29 is 5.11 Å². The predicted molar refractivity (Wildman–Crippen MR) is 82.9 cm³/mol. The van der Waals surface area contributed by atoms with E-state index < -0.39 is 6.10 Å².